The zero-order valence-corrected chi connectivity index (χ0v) is 14.9. The molecular weight excluding hydrogens is 304 g/mol. The molecule has 0 amide bonds. The Hall–Kier alpha value is -2.05. The number of ether oxygens (including phenoxy) is 2. The highest BCUT2D eigenvalue weighted by molar-refractivity contribution is 5.60. The summed E-state index contributed by atoms with van der Waals surface area (Å²) in [5, 5.41) is 3.47. The Morgan fingerprint density at radius 2 is 2.00 bits per heavy atom. The minimum Gasteiger partial charge on any atom is -0.494 e. The van der Waals surface area contributed by atoms with Crippen LogP contribution in [0.15, 0.2) is 24.4 Å². The summed E-state index contributed by atoms with van der Waals surface area (Å²) in [5.41, 5.74) is 3.36. The Bertz CT molecular complexity index is 677. The van der Waals surface area contributed by atoms with Crippen molar-refractivity contribution >= 4 is 5.69 Å². The van der Waals surface area contributed by atoms with E-state index >= 15 is 0 Å². The van der Waals surface area contributed by atoms with Gasteiger partial charge in [0.15, 0.2) is 0 Å². The van der Waals surface area contributed by atoms with Gasteiger partial charge < -0.3 is 24.3 Å². The van der Waals surface area contributed by atoms with Crippen LogP contribution in [0, 0.1) is 13.8 Å². The zero-order chi connectivity index (χ0) is 17.1. The summed E-state index contributed by atoms with van der Waals surface area (Å²) in [4.78, 5) is 7.00. The van der Waals surface area contributed by atoms with E-state index in [0.29, 0.717) is 12.6 Å². The fraction of sp³-hybridized carbons (Fsp3) is 0.500. The average Bonchev–Trinajstić information content (AvgIpc) is 2.93. The third kappa shape index (κ3) is 3.25. The number of aromatic nitrogens is 2. The molecule has 2 aromatic rings. The summed E-state index contributed by atoms with van der Waals surface area (Å²) >= 11 is 0. The maximum atomic E-state index is 5.67. The van der Waals surface area contributed by atoms with Crippen molar-refractivity contribution in [2.75, 3.05) is 45.4 Å². The van der Waals surface area contributed by atoms with Crippen molar-refractivity contribution in [1.82, 2.24) is 14.9 Å². The van der Waals surface area contributed by atoms with E-state index in [4.69, 9.17) is 9.47 Å². The lowest BCUT2D eigenvalue weighted by Gasteiger charge is -2.35. The Morgan fingerprint density at radius 3 is 2.67 bits per heavy atom. The molecule has 1 fully saturated rings. The molecule has 0 bridgehead atoms. The third-order valence-electron chi connectivity index (χ3n) is 4.52. The Kier molecular flexibility index (Phi) is 5.06. The van der Waals surface area contributed by atoms with Crippen LogP contribution in [0.25, 0.3) is 5.82 Å². The van der Waals surface area contributed by atoms with Crippen LogP contribution in [0.1, 0.15) is 11.4 Å². The highest BCUT2D eigenvalue weighted by Gasteiger charge is 2.22. The molecule has 1 N–H and O–H groups in total. The largest absolute Gasteiger partial charge is 0.494 e. The first-order chi connectivity index (χ1) is 11.6. The summed E-state index contributed by atoms with van der Waals surface area (Å²) in [6.07, 6.45) is 1.92. The minimum absolute atomic E-state index is 0.321. The van der Waals surface area contributed by atoms with Crippen LogP contribution in [-0.2, 0) is 4.74 Å². The minimum atomic E-state index is 0.321. The Labute approximate surface area is 143 Å². The second-order valence-corrected chi connectivity index (χ2v) is 6.22. The van der Waals surface area contributed by atoms with E-state index in [9.17, 15) is 0 Å². The molecule has 0 saturated carbocycles. The van der Waals surface area contributed by atoms with E-state index in [1.807, 2.05) is 12.3 Å². The fourth-order valence-electron chi connectivity index (χ4n) is 3.33. The Morgan fingerprint density at radius 1 is 1.25 bits per heavy atom. The smallest absolute Gasteiger partial charge is 0.147 e. The number of aryl methyl sites for hydroxylation is 2. The first-order valence-electron chi connectivity index (χ1n) is 8.30. The molecule has 0 aliphatic carbocycles. The van der Waals surface area contributed by atoms with E-state index in [0.717, 1.165) is 48.3 Å². The van der Waals surface area contributed by atoms with Gasteiger partial charge in [0.2, 0.25) is 0 Å². The van der Waals surface area contributed by atoms with Crippen molar-refractivity contribution in [3.05, 3.63) is 35.8 Å². The van der Waals surface area contributed by atoms with Crippen LogP contribution in [0.2, 0.25) is 0 Å². The van der Waals surface area contributed by atoms with Gasteiger partial charge in [-0.15, -0.1) is 0 Å². The van der Waals surface area contributed by atoms with E-state index < -0.39 is 0 Å². The van der Waals surface area contributed by atoms with Crippen LogP contribution in [-0.4, -0.2) is 56.1 Å². The topological polar surface area (TPSA) is 51.5 Å². The molecule has 0 spiro atoms. The lowest BCUT2D eigenvalue weighted by atomic mass is 10.2. The maximum Gasteiger partial charge on any atom is 0.147 e. The molecule has 0 unspecified atom stereocenters. The van der Waals surface area contributed by atoms with Crippen molar-refractivity contribution in [3.63, 3.8) is 0 Å². The monoisotopic (exact) mass is 330 g/mol. The summed E-state index contributed by atoms with van der Waals surface area (Å²) in [7, 11) is 3.45. The van der Waals surface area contributed by atoms with E-state index in [1.54, 1.807) is 14.2 Å². The number of hydrogen-bond donors (Lipinski definition) is 1. The standard InChI is InChI=1S/C18H26N4O2/c1-13-5-6-14(2)22(13)18-9-17(24-4)16(10-20-18)21-8-7-19-15(11-21)12-23-3/h5-6,9-10,15,19H,7-8,11-12H2,1-4H3/t15-/m1/s1. The van der Waals surface area contributed by atoms with Gasteiger partial charge in [0, 0.05) is 50.2 Å². The molecule has 130 valence electrons. The molecule has 24 heavy (non-hydrogen) atoms. The van der Waals surface area contributed by atoms with Crippen molar-refractivity contribution in [3.8, 4) is 11.6 Å². The van der Waals surface area contributed by atoms with Crippen LogP contribution in [0.4, 0.5) is 5.69 Å². The number of pyridine rings is 1. The number of rotatable bonds is 5. The van der Waals surface area contributed by atoms with E-state index in [-0.39, 0.29) is 0 Å². The van der Waals surface area contributed by atoms with Gasteiger partial charge in [-0.1, -0.05) is 0 Å². The zero-order valence-electron chi connectivity index (χ0n) is 14.9. The molecular formula is C18H26N4O2. The summed E-state index contributed by atoms with van der Waals surface area (Å²) in [6.45, 7) is 7.61. The number of nitrogens with zero attached hydrogens (tertiary/aromatic N) is 3. The summed E-state index contributed by atoms with van der Waals surface area (Å²) in [5.74, 6) is 1.74. The Balaban J connectivity index is 1.90. The molecule has 1 aliphatic rings. The average molecular weight is 330 g/mol. The van der Waals surface area contributed by atoms with E-state index in [2.05, 4.69) is 45.7 Å². The highest BCUT2D eigenvalue weighted by atomic mass is 16.5. The summed E-state index contributed by atoms with van der Waals surface area (Å²) < 4.78 is 13.1. The molecule has 0 radical (unpaired) electrons. The lowest BCUT2D eigenvalue weighted by molar-refractivity contribution is 0.163. The first-order valence-corrected chi connectivity index (χ1v) is 8.30. The maximum absolute atomic E-state index is 5.67. The summed E-state index contributed by atoms with van der Waals surface area (Å²) in [6, 6.07) is 6.54. The van der Waals surface area contributed by atoms with Crippen LogP contribution < -0.4 is 15.0 Å². The number of methoxy groups -OCH3 is 2. The van der Waals surface area contributed by atoms with Crippen molar-refractivity contribution in [1.29, 1.82) is 0 Å². The molecule has 1 aliphatic heterocycles. The molecule has 3 rings (SSSR count). The highest BCUT2D eigenvalue weighted by Crippen LogP contribution is 2.30. The predicted molar refractivity (Wildman–Crippen MR) is 95.5 cm³/mol. The number of anilines is 1. The lowest BCUT2D eigenvalue weighted by Crippen LogP contribution is -2.52. The normalized spacial score (nSPS) is 18.0. The molecule has 2 aromatic heterocycles. The van der Waals surface area contributed by atoms with Gasteiger partial charge in [0.25, 0.3) is 0 Å². The SMILES string of the molecule is COC[C@H]1CN(c2cnc(-n3c(C)ccc3C)cc2OC)CCN1. The van der Waals surface area contributed by atoms with Gasteiger partial charge in [-0.3, -0.25) is 0 Å². The van der Waals surface area contributed by atoms with Gasteiger partial charge >= 0.3 is 0 Å². The van der Waals surface area contributed by atoms with Gasteiger partial charge in [-0.2, -0.15) is 0 Å². The van der Waals surface area contributed by atoms with Crippen molar-refractivity contribution in [2.24, 2.45) is 0 Å². The second kappa shape index (κ2) is 7.23. The van der Waals surface area contributed by atoms with Crippen LogP contribution >= 0.6 is 0 Å². The molecule has 1 saturated heterocycles. The number of nitrogens with one attached hydrogen (secondary N) is 1. The molecule has 0 aromatic carbocycles. The van der Waals surface area contributed by atoms with Crippen LogP contribution in [0.3, 0.4) is 0 Å². The number of piperazine rings is 1. The van der Waals surface area contributed by atoms with Crippen molar-refractivity contribution in [2.45, 2.75) is 19.9 Å². The van der Waals surface area contributed by atoms with E-state index in [1.165, 1.54) is 0 Å². The van der Waals surface area contributed by atoms with Gasteiger partial charge in [-0.05, 0) is 26.0 Å². The van der Waals surface area contributed by atoms with Gasteiger partial charge in [0.1, 0.15) is 11.6 Å². The van der Waals surface area contributed by atoms with Crippen LogP contribution in [0.5, 0.6) is 5.75 Å². The molecule has 6 heteroatoms. The molecule has 3 heterocycles. The third-order valence-corrected chi connectivity index (χ3v) is 4.52. The number of hydrogen-bond acceptors (Lipinski definition) is 5. The second-order valence-electron chi connectivity index (χ2n) is 6.22. The van der Waals surface area contributed by atoms with Crippen molar-refractivity contribution < 1.29 is 9.47 Å². The quantitative estimate of drug-likeness (QED) is 0.908. The van der Waals surface area contributed by atoms with Gasteiger partial charge in [-0.25, -0.2) is 4.98 Å². The molecule has 6 nitrogen and oxygen atoms in total. The predicted octanol–water partition coefficient (Wildman–Crippen LogP) is 1.92. The molecule has 1 atom stereocenters. The fourth-order valence-corrected chi connectivity index (χ4v) is 3.33. The first kappa shape index (κ1) is 16.8. The van der Waals surface area contributed by atoms with Gasteiger partial charge in [0.05, 0.1) is 25.6 Å².